The third kappa shape index (κ3) is 4.63. The van der Waals surface area contributed by atoms with E-state index in [4.69, 9.17) is 0 Å². The van der Waals surface area contributed by atoms with Gasteiger partial charge in [0.05, 0.1) is 21.7 Å². The lowest BCUT2D eigenvalue weighted by atomic mass is 10.1. The van der Waals surface area contributed by atoms with Crippen molar-refractivity contribution >= 4 is 27.3 Å². The van der Waals surface area contributed by atoms with Crippen LogP contribution >= 0.6 is 0 Å². The number of carbonyl (C=O) groups excluding carboxylic acids is 1. The molecule has 1 aliphatic rings. The van der Waals surface area contributed by atoms with Crippen LogP contribution < -0.4 is 9.62 Å². The van der Waals surface area contributed by atoms with Gasteiger partial charge in [-0.05, 0) is 55.3 Å². The first-order chi connectivity index (χ1) is 14.1. The van der Waals surface area contributed by atoms with Crippen LogP contribution in [0.1, 0.15) is 30.5 Å². The molecule has 1 amide bonds. The molecule has 0 spiro atoms. The summed E-state index contributed by atoms with van der Waals surface area (Å²) < 4.78 is 105. The van der Waals surface area contributed by atoms with Gasteiger partial charge in [-0.1, -0.05) is 0 Å². The Morgan fingerprint density at radius 1 is 1.00 bits per heavy atom. The summed E-state index contributed by atoms with van der Waals surface area (Å²) in [7, 11) is -4.50. The zero-order chi connectivity index (χ0) is 23.4. The molecule has 0 saturated carbocycles. The maximum Gasteiger partial charge on any atom is 0.416 e. The summed E-state index contributed by atoms with van der Waals surface area (Å²) in [4.78, 5) is 12.9. The fraction of sp³-hybridized carbons (Fsp3) is 0.316. The largest absolute Gasteiger partial charge is 0.416 e. The average Bonchev–Trinajstić information content (AvgIpc) is 2.94. The van der Waals surface area contributed by atoms with Gasteiger partial charge in [0, 0.05) is 18.7 Å². The Morgan fingerprint density at radius 2 is 1.55 bits per heavy atom. The second-order valence-electron chi connectivity index (χ2n) is 7.13. The Kier molecular flexibility index (Phi) is 5.49. The SMILES string of the molecule is CC(=O)N1c2ccc(S(=O)(=O)Nc3cc(C(F)(F)F)cc(C(F)(F)F)c3)cc2CC1C. The highest BCUT2D eigenvalue weighted by Crippen LogP contribution is 2.38. The first kappa shape index (κ1) is 22.9. The smallest absolute Gasteiger partial charge is 0.309 e. The van der Waals surface area contributed by atoms with Crippen LogP contribution in [0.25, 0.3) is 0 Å². The monoisotopic (exact) mass is 466 g/mol. The lowest BCUT2D eigenvalue weighted by Gasteiger charge is -2.20. The maximum atomic E-state index is 13.0. The molecule has 1 aliphatic heterocycles. The van der Waals surface area contributed by atoms with Gasteiger partial charge in [-0.2, -0.15) is 26.3 Å². The number of nitrogens with one attached hydrogen (secondary N) is 1. The number of carbonyl (C=O) groups is 1. The third-order valence-electron chi connectivity index (χ3n) is 4.76. The van der Waals surface area contributed by atoms with Crippen LogP contribution in [0, 0.1) is 0 Å². The molecule has 0 saturated heterocycles. The Balaban J connectivity index is 2.00. The van der Waals surface area contributed by atoms with Gasteiger partial charge in [0.1, 0.15) is 0 Å². The number of alkyl halides is 6. The molecular formula is C19H16F6N2O3S. The van der Waals surface area contributed by atoms with Crippen LogP contribution in [-0.4, -0.2) is 20.4 Å². The van der Waals surface area contributed by atoms with E-state index in [1.54, 1.807) is 11.6 Å². The second-order valence-corrected chi connectivity index (χ2v) is 8.82. The standard InChI is InChI=1S/C19H16F6N2O3S/c1-10-5-12-6-16(3-4-17(12)27(10)11(2)28)31(29,30)26-15-8-13(18(20,21)22)7-14(9-15)19(23,24)25/h3-4,6-10,26H,5H2,1-2H3. The summed E-state index contributed by atoms with van der Waals surface area (Å²) in [5.74, 6) is -0.247. The number of amides is 1. The van der Waals surface area contributed by atoms with Gasteiger partial charge in [0.25, 0.3) is 10.0 Å². The van der Waals surface area contributed by atoms with Crippen LogP contribution in [0.5, 0.6) is 0 Å². The molecular weight excluding hydrogens is 450 g/mol. The number of fused-ring (bicyclic) bond motifs is 1. The van der Waals surface area contributed by atoms with Crippen LogP contribution in [-0.2, 0) is 33.6 Å². The van der Waals surface area contributed by atoms with E-state index < -0.39 is 39.2 Å². The lowest BCUT2D eigenvalue weighted by molar-refractivity contribution is -0.143. The average molecular weight is 466 g/mol. The Bertz CT molecular complexity index is 1110. The van der Waals surface area contributed by atoms with E-state index in [0.29, 0.717) is 29.8 Å². The molecule has 0 radical (unpaired) electrons. The molecule has 3 rings (SSSR count). The van der Waals surface area contributed by atoms with Crippen molar-refractivity contribution < 1.29 is 39.6 Å². The Morgan fingerprint density at radius 3 is 2.03 bits per heavy atom. The van der Waals surface area contributed by atoms with Crippen LogP contribution in [0.3, 0.4) is 0 Å². The predicted octanol–water partition coefficient (Wildman–Crippen LogP) is 4.82. The number of rotatable bonds is 3. The van der Waals surface area contributed by atoms with Crippen molar-refractivity contribution in [1.82, 2.24) is 0 Å². The molecule has 1 heterocycles. The molecule has 1 unspecified atom stereocenters. The van der Waals surface area contributed by atoms with Crippen molar-refractivity contribution in [3.8, 4) is 0 Å². The fourth-order valence-corrected chi connectivity index (χ4v) is 4.57. The minimum Gasteiger partial charge on any atom is -0.309 e. The quantitative estimate of drug-likeness (QED) is 0.660. The minimum atomic E-state index is -5.11. The van der Waals surface area contributed by atoms with Crippen LogP contribution in [0.2, 0.25) is 0 Å². The van der Waals surface area contributed by atoms with Gasteiger partial charge in [-0.25, -0.2) is 8.42 Å². The topological polar surface area (TPSA) is 66.5 Å². The van der Waals surface area contributed by atoms with Crippen molar-refractivity contribution in [2.45, 2.75) is 43.6 Å². The van der Waals surface area contributed by atoms with Crippen LogP contribution in [0.15, 0.2) is 41.3 Å². The van der Waals surface area contributed by atoms with Gasteiger partial charge >= 0.3 is 12.4 Å². The summed E-state index contributed by atoms with van der Waals surface area (Å²) in [5, 5.41) is 0. The molecule has 0 aliphatic carbocycles. The summed E-state index contributed by atoms with van der Waals surface area (Å²) in [6.45, 7) is 3.11. The van der Waals surface area contributed by atoms with Gasteiger partial charge in [-0.3, -0.25) is 9.52 Å². The van der Waals surface area contributed by atoms with Crippen molar-refractivity contribution in [3.63, 3.8) is 0 Å². The molecule has 0 fully saturated rings. The van der Waals surface area contributed by atoms with E-state index in [0.717, 1.165) is 6.07 Å². The lowest BCUT2D eigenvalue weighted by Crippen LogP contribution is -2.33. The molecule has 168 valence electrons. The highest BCUT2D eigenvalue weighted by atomic mass is 32.2. The molecule has 2 aromatic rings. The van der Waals surface area contributed by atoms with Crippen molar-refractivity contribution in [3.05, 3.63) is 53.1 Å². The summed E-state index contributed by atoms with van der Waals surface area (Å²) in [6, 6.07) is 4.02. The number of nitrogens with zero attached hydrogens (tertiary/aromatic N) is 1. The highest BCUT2D eigenvalue weighted by molar-refractivity contribution is 7.92. The minimum absolute atomic E-state index is 0.0923. The molecule has 5 nitrogen and oxygen atoms in total. The number of hydrogen-bond donors (Lipinski definition) is 1. The van der Waals surface area contributed by atoms with Gasteiger partial charge < -0.3 is 4.90 Å². The van der Waals surface area contributed by atoms with Gasteiger partial charge in [-0.15, -0.1) is 0 Å². The first-order valence-electron chi connectivity index (χ1n) is 8.84. The van der Waals surface area contributed by atoms with E-state index >= 15 is 0 Å². The number of sulfonamides is 1. The molecule has 1 atom stereocenters. The maximum absolute atomic E-state index is 13.0. The van der Waals surface area contributed by atoms with Crippen molar-refractivity contribution in [2.75, 3.05) is 9.62 Å². The van der Waals surface area contributed by atoms with E-state index in [-0.39, 0.29) is 22.9 Å². The summed E-state index contributed by atoms with van der Waals surface area (Å²) in [5.41, 5.74) is -3.14. The third-order valence-corrected chi connectivity index (χ3v) is 6.13. The van der Waals surface area contributed by atoms with E-state index in [2.05, 4.69) is 0 Å². The van der Waals surface area contributed by atoms with Crippen molar-refractivity contribution in [1.29, 1.82) is 0 Å². The zero-order valence-corrected chi connectivity index (χ0v) is 16.9. The fourth-order valence-electron chi connectivity index (χ4n) is 3.48. The summed E-state index contributed by atoms with van der Waals surface area (Å²) >= 11 is 0. The zero-order valence-electron chi connectivity index (χ0n) is 16.1. The Labute approximate surface area is 173 Å². The first-order valence-corrected chi connectivity index (χ1v) is 10.3. The molecule has 12 heteroatoms. The van der Waals surface area contributed by atoms with E-state index in [1.807, 2.05) is 0 Å². The van der Waals surface area contributed by atoms with Gasteiger partial charge in [0.2, 0.25) is 5.91 Å². The molecule has 31 heavy (non-hydrogen) atoms. The van der Waals surface area contributed by atoms with E-state index in [1.165, 1.54) is 24.0 Å². The normalized spacial score (nSPS) is 16.9. The molecule has 0 bridgehead atoms. The highest BCUT2D eigenvalue weighted by Gasteiger charge is 2.37. The number of anilines is 2. The molecule has 1 N–H and O–H groups in total. The molecule has 2 aromatic carbocycles. The predicted molar refractivity (Wildman–Crippen MR) is 100 cm³/mol. The second kappa shape index (κ2) is 7.43. The van der Waals surface area contributed by atoms with Gasteiger partial charge in [0.15, 0.2) is 0 Å². The van der Waals surface area contributed by atoms with Crippen LogP contribution in [0.4, 0.5) is 37.7 Å². The molecule has 0 aromatic heterocycles. The van der Waals surface area contributed by atoms with E-state index in [9.17, 15) is 39.6 Å². The summed E-state index contributed by atoms with van der Waals surface area (Å²) in [6.07, 6.45) is -9.87. The number of benzene rings is 2. The number of hydrogen-bond acceptors (Lipinski definition) is 3. The Hall–Kier alpha value is -2.76. The number of halogens is 6. The van der Waals surface area contributed by atoms with Crippen molar-refractivity contribution in [2.24, 2.45) is 0 Å².